The summed E-state index contributed by atoms with van der Waals surface area (Å²) < 4.78 is 10.4. The molecule has 0 spiro atoms. The number of likely N-dealkylation sites (tertiary alicyclic amines) is 1. The minimum absolute atomic E-state index is 0.0837. The van der Waals surface area contributed by atoms with E-state index in [4.69, 9.17) is 9.15 Å². The smallest absolute Gasteiger partial charge is 0.311 e. The number of carbonyl (C=O) groups excluding carboxylic acids is 3. The SMILES string of the molecule is CCCCc1ccc(NC(=O)COC(=O)[C@@H]2CC(=O)N(Cc3ccco3)C2)cc1. The van der Waals surface area contributed by atoms with Crippen molar-refractivity contribution in [1.82, 2.24) is 4.90 Å². The lowest BCUT2D eigenvalue weighted by atomic mass is 10.1. The molecule has 0 saturated carbocycles. The van der Waals surface area contributed by atoms with Crippen LogP contribution in [0.1, 0.15) is 37.5 Å². The Labute approximate surface area is 170 Å². The van der Waals surface area contributed by atoms with Gasteiger partial charge >= 0.3 is 5.97 Å². The highest BCUT2D eigenvalue weighted by molar-refractivity contribution is 5.93. The predicted molar refractivity (Wildman–Crippen MR) is 107 cm³/mol. The number of esters is 1. The molecule has 1 N–H and O–H groups in total. The number of benzene rings is 1. The van der Waals surface area contributed by atoms with Gasteiger partial charge in [0.1, 0.15) is 5.76 Å². The molecule has 2 aromatic rings. The zero-order chi connectivity index (χ0) is 20.6. The van der Waals surface area contributed by atoms with Crippen LogP contribution in [0.3, 0.4) is 0 Å². The number of unbranched alkanes of at least 4 members (excludes halogenated alkanes) is 1. The van der Waals surface area contributed by atoms with Crippen LogP contribution in [0.5, 0.6) is 0 Å². The minimum Gasteiger partial charge on any atom is -0.467 e. The second kappa shape index (κ2) is 9.91. The Balaban J connectivity index is 1.41. The molecule has 7 heteroatoms. The number of hydrogen-bond acceptors (Lipinski definition) is 5. The molecule has 1 aromatic heterocycles. The fraction of sp³-hybridized carbons (Fsp3) is 0.409. The summed E-state index contributed by atoms with van der Waals surface area (Å²) in [6.07, 6.45) is 4.90. The van der Waals surface area contributed by atoms with Crippen molar-refractivity contribution in [3.8, 4) is 0 Å². The summed E-state index contributed by atoms with van der Waals surface area (Å²) in [7, 11) is 0. The molecule has 2 heterocycles. The summed E-state index contributed by atoms with van der Waals surface area (Å²) in [6.45, 7) is 2.36. The van der Waals surface area contributed by atoms with Gasteiger partial charge in [0.05, 0.1) is 18.7 Å². The second-order valence-electron chi connectivity index (χ2n) is 7.21. The standard InChI is InChI=1S/C22H26N2O5/c1-2-3-5-16-7-9-18(10-8-16)23-20(25)15-29-22(27)17-12-21(26)24(13-17)14-19-6-4-11-28-19/h4,6-11,17H,2-3,5,12-15H2,1H3,(H,23,25)/t17-/m1/s1. The molecule has 0 aliphatic carbocycles. The molecule has 3 rings (SSSR count). The van der Waals surface area contributed by atoms with E-state index in [1.54, 1.807) is 23.3 Å². The maximum absolute atomic E-state index is 12.2. The number of anilines is 1. The van der Waals surface area contributed by atoms with E-state index in [-0.39, 0.29) is 25.5 Å². The number of hydrogen-bond donors (Lipinski definition) is 1. The van der Waals surface area contributed by atoms with E-state index < -0.39 is 17.8 Å². The lowest BCUT2D eigenvalue weighted by Crippen LogP contribution is -2.28. The molecule has 1 aromatic carbocycles. The average molecular weight is 398 g/mol. The van der Waals surface area contributed by atoms with Gasteiger partial charge in [0.2, 0.25) is 5.91 Å². The Morgan fingerprint density at radius 2 is 2.03 bits per heavy atom. The van der Waals surface area contributed by atoms with Gasteiger partial charge in [0.25, 0.3) is 5.91 Å². The molecule has 1 saturated heterocycles. The molecule has 1 fully saturated rings. The summed E-state index contributed by atoms with van der Waals surface area (Å²) >= 11 is 0. The number of carbonyl (C=O) groups is 3. The number of nitrogens with one attached hydrogen (secondary N) is 1. The van der Waals surface area contributed by atoms with Crippen LogP contribution >= 0.6 is 0 Å². The lowest BCUT2D eigenvalue weighted by molar-refractivity contribution is -0.151. The highest BCUT2D eigenvalue weighted by atomic mass is 16.5. The summed E-state index contributed by atoms with van der Waals surface area (Å²) in [6, 6.07) is 11.2. The molecule has 154 valence electrons. The molecule has 0 radical (unpaired) electrons. The predicted octanol–water partition coefficient (Wildman–Crippen LogP) is 3.15. The van der Waals surface area contributed by atoms with Crippen LogP contribution in [0, 0.1) is 5.92 Å². The molecule has 1 aliphatic heterocycles. The van der Waals surface area contributed by atoms with E-state index in [1.807, 2.05) is 24.3 Å². The topological polar surface area (TPSA) is 88.8 Å². The van der Waals surface area contributed by atoms with Gasteiger partial charge in [-0.3, -0.25) is 14.4 Å². The quantitative estimate of drug-likeness (QED) is 0.656. The summed E-state index contributed by atoms with van der Waals surface area (Å²) in [4.78, 5) is 37.9. The molecule has 0 bridgehead atoms. The normalized spacial score (nSPS) is 16.1. The summed E-state index contributed by atoms with van der Waals surface area (Å²) in [5.74, 6) is -0.978. The number of amides is 2. The van der Waals surface area contributed by atoms with Crippen molar-refractivity contribution in [3.05, 3.63) is 54.0 Å². The number of ether oxygens (including phenoxy) is 1. The second-order valence-corrected chi connectivity index (χ2v) is 7.21. The first-order valence-electron chi connectivity index (χ1n) is 9.90. The van der Waals surface area contributed by atoms with E-state index in [0.717, 1.165) is 19.3 Å². The number of rotatable bonds is 9. The number of aryl methyl sites for hydroxylation is 1. The van der Waals surface area contributed by atoms with Gasteiger partial charge < -0.3 is 19.4 Å². The molecule has 1 atom stereocenters. The maximum Gasteiger partial charge on any atom is 0.311 e. The van der Waals surface area contributed by atoms with Crippen LogP contribution in [-0.4, -0.2) is 35.8 Å². The van der Waals surface area contributed by atoms with Gasteiger partial charge in [-0.05, 0) is 42.7 Å². The van der Waals surface area contributed by atoms with E-state index in [1.165, 1.54) is 5.56 Å². The number of nitrogens with zero attached hydrogens (tertiary/aromatic N) is 1. The van der Waals surface area contributed by atoms with Crippen LogP contribution in [-0.2, 0) is 32.1 Å². The average Bonchev–Trinajstić information content (AvgIpc) is 3.36. The van der Waals surface area contributed by atoms with Crippen molar-refractivity contribution in [2.45, 2.75) is 39.2 Å². The van der Waals surface area contributed by atoms with Crippen LogP contribution < -0.4 is 5.32 Å². The zero-order valence-electron chi connectivity index (χ0n) is 16.6. The molecule has 1 aliphatic rings. The first-order chi connectivity index (χ1) is 14.0. The van der Waals surface area contributed by atoms with Gasteiger partial charge in [-0.2, -0.15) is 0 Å². The van der Waals surface area contributed by atoms with Crippen LogP contribution in [0.25, 0.3) is 0 Å². The third kappa shape index (κ3) is 5.94. The van der Waals surface area contributed by atoms with Crippen LogP contribution in [0.2, 0.25) is 0 Å². The van der Waals surface area contributed by atoms with E-state index >= 15 is 0 Å². The number of furan rings is 1. The summed E-state index contributed by atoms with van der Waals surface area (Å²) in [5, 5.41) is 2.71. The van der Waals surface area contributed by atoms with Crippen molar-refractivity contribution in [2.75, 3.05) is 18.5 Å². The van der Waals surface area contributed by atoms with Crippen molar-refractivity contribution in [3.63, 3.8) is 0 Å². The molecule has 2 amide bonds. The Hall–Kier alpha value is -3.09. The minimum atomic E-state index is -0.567. The molecule has 0 unspecified atom stereocenters. The third-order valence-electron chi connectivity index (χ3n) is 4.88. The van der Waals surface area contributed by atoms with Gasteiger partial charge in [-0.25, -0.2) is 0 Å². The van der Waals surface area contributed by atoms with Crippen molar-refractivity contribution in [2.24, 2.45) is 5.92 Å². The molecular weight excluding hydrogens is 372 g/mol. The molecule has 29 heavy (non-hydrogen) atoms. The Kier molecular flexibility index (Phi) is 7.05. The third-order valence-corrected chi connectivity index (χ3v) is 4.88. The maximum atomic E-state index is 12.2. The van der Waals surface area contributed by atoms with Gasteiger partial charge in [0, 0.05) is 18.7 Å². The first-order valence-corrected chi connectivity index (χ1v) is 9.90. The van der Waals surface area contributed by atoms with Gasteiger partial charge in [-0.1, -0.05) is 25.5 Å². The summed E-state index contributed by atoms with van der Waals surface area (Å²) in [5.41, 5.74) is 1.88. The highest BCUT2D eigenvalue weighted by Gasteiger charge is 2.35. The van der Waals surface area contributed by atoms with Crippen molar-refractivity contribution in [1.29, 1.82) is 0 Å². The highest BCUT2D eigenvalue weighted by Crippen LogP contribution is 2.21. The van der Waals surface area contributed by atoms with Gasteiger partial charge in [-0.15, -0.1) is 0 Å². The molecular formula is C22H26N2O5. The van der Waals surface area contributed by atoms with E-state index in [9.17, 15) is 14.4 Å². The Morgan fingerprint density at radius 1 is 1.24 bits per heavy atom. The van der Waals surface area contributed by atoms with E-state index in [2.05, 4.69) is 12.2 Å². The van der Waals surface area contributed by atoms with Crippen molar-refractivity contribution < 1.29 is 23.5 Å². The van der Waals surface area contributed by atoms with Crippen LogP contribution in [0.4, 0.5) is 5.69 Å². The Bertz CT molecular complexity index is 829. The lowest BCUT2D eigenvalue weighted by Gasteiger charge is -2.14. The largest absolute Gasteiger partial charge is 0.467 e. The molecule has 7 nitrogen and oxygen atoms in total. The fourth-order valence-corrected chi connectivity index (χ4v) is 3.26. The monoisotopic (exact) mass is 398 g/mol. The first kappa shape index (κ1) is 20.6. The Morgan fingerprint density at radius 3 is 2.72 bits per heavy atom. The van der Waals surface area contributed by atoms with Crippen molar-refractivity contribution >= 4 is 23.5 Å². The van der Waals surface area contributed by atoms with Crippen LogP contribution in [0.15, 0.2) is 47.1 Å². The van der Waals surface area contributed by atoms with E-state index in [0.29, 0.717) is 18.0 Å². The van der Waals surface area contributed by atoms with Gasteiger partial charge in [0.15, 0.2) is 6.61 Å². The fourth-order valence-electron chi connectivity index (χ4n) is 3.26. The zero-order valence-corrected chi connectivity index (χ0v) is 16.6.